The molecule has 0 aliphatic rings. The standard InChI is InChI=1S/C14H17N3O/c1-3-14(2,18)10-17-12-7-5-4-6-11(12)16-13(17)8-9-15/h4-7,18H,3,8,10H2,1-2H3. The molecule has 0 saturated carbocycles. The van der Waals surface area contributed by atoms with Crippen molar-refractivity contribution >= 4 is 11.0 Å². The van der Waals surface area contributed by atoms with Crippen molar-refractivity contribution in [3.8, 4) is 6.07 Å². The average Bonchev–Trinajstić information content (AvgIpc) is 2.68. The van der Waals surface area contributed by atoms with Crippen LogP contribution in [0, 0.1) is 11.3 Å². The van der Waals surface area contributed by atoms with Gasteiger partial charge in [-0.05, 0) is 25.5 Å². The quantitative estimate of drug-likeness (QED) is 0.896. The largest absolute Gasteiger partial charge is 0.388 e. The van der Waals surface area contributed by atoms with Crippen molar-refractivity contribution < 1.29 is 5.11 Å². The summed E-state index contributed by atoms with van der Waals surface area (Å²) in [6.45, 7) is 4.21. The van der Waals surface area contributed by atoms with E-state index in [4.69, 9.17) is 5.26 Å². The van der Waals surface area contributed by atoms with Crippen LogP contribution in [0.3, 0.4) is 0 Å². The van der Waals surface area contributed by atoms with Gasteiger partial charge in [-0.1, -0.05) is 19.1 Å². The molecule has 0 fully saturated rings. The van der Waals surface area contributed by atoms with E-state index >= 15 is 0 Å². The number of aliphatic hydroxyl groups is 1. The molecular weight excluding hydrogens is 226 g/mol. The van der Waals surface area contributed by atoms with Crippen LogP contribution < -0.4 is 0 Å². The van der Waals surface area contributed by atoms with Crippen LogP contribution in [0.25, 0.3) is 11.0 Å². The van der Waals surface area contributed by atoms with E-state index in [0.717, 1.165) is 11.0 Å². The highest BCUT2D eigenvalue weighted by atomic mass is 16.3. The minimum Gasteiger partial charge on any atom is -0.388 e. The van der Waals surface area contributed by atoms with Crippen LogP contribution in [0.2, 0.25) is 0 Å². The van der Waals surface area contributed by atoms with E-state index in [1.54, 1.807) is 6.92 Å². The van der Waals surface area contributed by atoms with Crippen LogP contribution in [0.1, 0.15) is 26.1 Å². The fourth-order valence-corrected chi connectivity index (χ4v) is 1.96. The molecule has 1 N–H and O–H groups in total. The third-order valence-electron chi connectivity index (χ3n) is 3.23. The first kappa shape index (κ1) is 12.6. The van der Waals surface area contributed by atoms with Crippen LogP contribution in [0.4, 0.5) is 0 Å². The Kier molecular flexibility index (Phi) is 3.35. The Labute approximate surface area is 106 Å². The van der Waals surface area contributed by atoms with Crippen molar-refractivity contribution in [3.63, 3.8) is 0 Å². The van der Waals surface area contributed by atoms with Gasteiger partial charge in [-0.3, -0.25) is 0 Å². The number of nitrogens with zero attached hydrogens (tertiary/aromatic N) is 3. The van der Waals surface area contributed by atoms with E-state index < -0.39 is 5.60 Å². The van der Waals surface area contributed by atoms with E-state index in [9.17, 15) is 5.11 Å². The van der Waals surface area contributed by atoms with E-state index in [2.05, 4.69) is 11.1 Å². The molecule has 1 unspecified atom stereocenters. The Balaban J connectivity index is 2.52. The first-order valence-electron chi connectivity index (χ1n) is 6.11. The zero-order valence-electron chi connectivity index (χ0n) is 10.7. The second-order valence-corrected chi connectivity index (χ2v) is 4.79. The fraction of sp³-hybridized carbons (Fsp3) is 0.429. The SMILES string of the molecule is CCC(C)(O)Cn1c(CC#N)nc2ccccc21. The first-order valence-corrected chi connectivity index (χ1v) is 6.11. The monoisotopic (exact) mass is 243 g/mol. The molecule has 1 heterocycles. The normalized spacial score (nSPS) is 14.3. The molecule has 18 heavy (non-hydrogen) atoms. The molecule has 0 aliphatic carbocycles. The van der Waals surface area contributed by atoms with Crippen molar-refractivity contribution in [3.05, 3.63) is 30.1 Å². The number of para-hydroxylation sites is 2. The molecule has 94 valence electrons. The molecule has 1 atom stereocenters. The maximum Gasteiger partial charge on any atom is 0.124 e. The van der Waals surface area contributed by atoms with Crippen LogP contribution >= 0.6 is 0 Å². The molecule has 1 aromatic carbocycles. The molecular formula is C14H17N3O. The predicted octanol–water partition coefficient (Wildman–Crippen LogP) is 2.26. The molecule has 4 heteroatoms. The number of hydrogen-bond acceptors (Lipinski definition) is 3. The molecule has 0 radical (unpaired) electrons. The summed E-state index contributed by atoms with van der Waals surface area (Å²) >= 11 is 0. The first-order chi connectivity index (χ1) is 8.57. The van der Waals surface area contributed by atoms with Gasteiger partial charge in [0.05, 0.1) is 35.7 Å². The van der Waals surface area contributed by atoms with Gasteiger partial charge in [0.15, 0.2) is 0 Å². The predicted molar refractivity (Wildman–Crippen MR) is 70.0 cm³/mol. The van der Waals surface area contributed by atoms with Gasteiger partial charge >= 0.3 is 0 Å². The van der Waals surface area contributed by atoms with Crippen LogP contribution in [0.5, 0.6) is 0 Å². The summed E-state index contributed by atoms with van der Waals surface area (Å²) in [6.07, 6.45) is 0.917. The van der Waals surface area contributed by atoms with Crippen LogP contribution in [-0.2, 0) is 13.0 Å². The molecule has 4 nitrogen and oxygen atoms in total. The molecule has 0 saturated heterocycles. The molecule has 0 spiro atoms. The van der Waals surface area contributed by atoms with Crippen molar-refractivity contribution in [2.45, 2.75) is 38.8 Å². The Bertz CT molecular complexity index is 593. The summed E-state index contributed by atoms with van der Waals surface area (Å²) in [4.78, 5) is 4.45. The Morgan fingerprint density at radius 2 is 2.17 bits per heavy atom. The maximum atomic E-state index is 10.2. The molecule has 1 aromatic heterocycles. The number of hydrogen-bond donors (Lipinski definition) is 1. The van der Waals surface area contributed by atoms with Crippen molar-refractivity contribution in [2.24, 2.45) is 0 Å². The summed E-state index contributed by atoms with van der Waals surface area (Å²) in [5.41, 5.74) is 1.05. The van der Waals surface area contributed by atoms with Gasteiger partial charge in [-0.25, -0.2) is 4.98 Å². The Hall–Kier alpha value is -1.86. The summed E-state index contributed by atoms with van der Waals surface area (Å²) in [5, 5.41) is 19.1. The number of nitriles is 1. The number of aromatic nitrogens is 2. The van der Waals surface area contributed by atoms with E-state index in [0.29, 0.717) is 18.8 Å². The van der Waals surface area contributed by atoms with Gasteiger partial charge in [0.25, 0.3) is 0 Å². The highest BCUT2D eigenvalue weighted by molar-refractivity contribution is 5.76. The number of imidazole rings is 1. The molecule has 2 aromatic rings. The summed E-state index contributed by atoms with van der Waals surface area (Å²) in [6, 6.07) is 9.88. The second-order valence-electron chi connectivity index (χ2n) is 4.79. The van der Waals surface area contributed by atoms with Crippen molar-refractivity contribution in [2.75, 3.05) is 0 Å². The zero-order valence-corrected chi connectivity index (χ0v) is 10.7. The third kappa shape index (κ3) is 2.36. The van der Waals surface area contributed by atoms with Gasteiger partial charge in [0, 0.05) is 0 Å². The average molecular weight is 243 g/mol. The number of benzene rings is 1. The highest BCUT2D eigenvalue weighted by Crippen LogP contribution is 2.21. The third-order valence-corrected chi connectivity index (χ3v) is 3.23. The molecule has 0 aliphatic heterocycles. The van der Waals surface area contributed by atoms with Crippen LogP contribution in [0.15, 0.2) is 24.3 Å². The van der Waals surface area contributed by atoms with Gasteiger partial charge in [0.2, 0.25) is 0 Å². The summed E-state index contributed by atoms with van der Waals surface area (Å²) in [5.74, 6) is 0.715. The summed E-state index contributed by atoms with van der Waals surface area (Å²) in [7, 11) is 0. The lowest BCUT2D eigenvalue weighted by Crippen LogP contribution is -2.30. The highest BCUT2D eigenvalue weighted by Gasteiger charge is 2.21. The smallest absolute Gasteiger partial charge is 0.124 e. The second kappa shape index (κ2) is 4.79. The lowest BCUT2D eigenvalue weighted by atomic mass is 10.0. The topological polar surface area (TPSA) is 61.8 Å². The Morgan fingerprint density at radius 3 is 2.83 bits per heavy atom. The van der Waals surface area contributed by atoms with Gasteiger partial charge < -0.3 is 9.67 Å². The van der Waals surface area contributed by atoms with Gasteiger partial charge in [-0.15, -0.1) is 0 Å². The molecule has 0 amide bonds. The zero-order chi connectivity index (χ0) is 13.2. The molecule has 2 rings (SSSR count). The van der Waals surface area contributed by atoms with Crippen molar-refractivity contribution in [1.29, 1.82) is 5.26 Å². The minimum absolute atomic E-state index is 0.258. The number of rotatable bonds is 4. The Morgan fingerprint density at radius 1 is 1.44 bits per heavy atom. The molecule has 0 bridgehead atoms. The minimum atomic E-state index is -0.784. The lowest BCUT2D eigenvalue weighted by Gasteiger charge is -2.23. The van der Waals surface area contributed by atoms with Crippen molar-refractivity contribution in [1.82, 2.24) is 9.55 Å². The van der Waals surface area contributed by atoms with E-state index in [-0.39, 0.29) is 6.42 Å². The number of fused-ring (bicyclic) bond motifs is 1. The van der Waals surface area contributed by atoms with Crippen LogP contribution in [-0.4, -0.2) is 20.3 Å². The van der Waals surface area contributed by atoms with E-state index in [1.165, 1.54) is 0 Å². The van der Waals surface area contributed by atoms with Gasteiger partial charge in [0.1, 0.15) is 5.82 Å². The summed E-state index contributed by atoms with van der Waals surface area (Å²) < 4.78 is 1.95. The maximum absolute atomic E-state index is 10.2. The van der Waals surface area contributed by atoms with E-state index in [1.807, 2.05) is 35.8 Å². The lowest BCUT2D eigenvalue weighted by molar-refractivity contribution is 0.0384. The fourth-order valence-electron chi connectivity index (χ4n) is 1.96. The van der Waals surface area contributed by atoms with Gasteiger partial charge in [-0.2, -0.15) is 5.26 Å².